The summed E-state index contributed by atoms with van der Waals surface area (Å²) in [5, 5.41) is 2.33. The fourth-order valence-corrected chi connectivity index (χ4v) is 6.09. The van der Waals surface area contributed by atoms with E-state index in [2.05, 4.69) is 22.3 Å². The maximum atomic E-state index is 14.2. The van der Waals surface area contributed by atoms with E-state index in [4.69, 9.17) is 4.74 Å². The van der Waals surface area contributed by atoms with Crippen LogP contribution in [0.3, 0.4) is 0 Å². The van der Waals surface area contributed by atoms with E-state index in [1.165, 1.54) is 16.5 Å². The number of carbonyl (C=O) groups excluding carboxylic acids is 3. The number of piperidine rings is 2. The van der Waals surface area contributed by atoms with Crippen LogP contribution in [0.1, 0.15) is 64.2 Å². The number of fused-ring (bicyclic) bond motifs is 1. The summed E-state index contributed by atoms with van der Waals surface area (Å²) in [6.07, 6.45) is 2.20. The number of imide groups is 1. The maximum absolute atomic E-state index is 14.2. The zero-order valence-electron chi connectivity index (χ0n) is 22.6. The topological polar surface area (TPSA) is 79.0 Å². The van der Waals surface area contributed by atoms with Crippen molar-refractivity contribution < 1.29 is 27.9 Å². The van der Waals surface area contributed by atoms with Gasteiger partial charge in [-0.05, 0) is 73.2 Å². The average Bonchev–Trinajstić information content (AvgIpc) is 3.30. The van der Waals surface area contributed by atoms with Gasteiger partial charge in [-0.3, -0.25) is 24.6 Å². The average molecular weight is 560 g/mol. The first-order valence-corrected chi connectivity index (χ1v) is 14.0. The number of nitrogens with zero attached hydrogens (tertiary/aromatic N) is 2. The summed E-state index contributed by atoms with van der Waals surface area (Å²) in [7, 11) is 0. The molecule has 3 aromatic rings. The molecule has 0 saturated carbocycles. The van der Waals surface area contributed by atoms with Gasteiger partial charge in [0.15, 0.2) is 0 Å². The molecule has 0 bridgehead atoms. The van der Waals surface area contributed by atoms with Crippen molar-refractivity contribution >= 4 is 17.7 Å². The molecule has 3 aliphatic rings. The summed E-state index contributed by atoms with van der Waals surface area (Å²) in [5.41, 5.74) is 4.04. The normalized spacial score (nSPS) is 19.8. The molecule has 1 unspecified atom stereocenters. The van der Waals surface area contributed by atoms with Crippen molar-refractivity contribution in [1.29, 1.82) is 0 Å². The Morgan fingerprint density at radius 1 is 0.902 bits per heavy atom. The third kappa shape index (κ3) is 5.72. The molecule has 41 heavy (non-hydrogen) atoms. The molecule has 3 aliphatic heterocycles. The fraction of sp³-hybridized carbons (Fsp3) is 0.344. The minimum Gasteiger partial charge on any atom is -0.489 e. The van der Waals surface area contributed by atoms with Crippen molar-refractivity contribution in [2.24, 2.45) is 0 Å². The highest BCUT2D eigenvalue weighted by Gasteiger charge is 2.40. The first-order chi connectivity index (χ1) is 19.9. The number of ether oxygens (including phenoxy) is 1. The van der Waals surface area contributed by atoms with Gasteiger partial charge >= 0.3 is 0 Å². The number of hydrogen-bond donors (Lipinski definition) is 1. The van der Waals surface area contributed by atoms with E-state index in [9.17, 15) is 23.2 Å². The Hall–Kier alpha value is -4.11. The van der Waals surface area contributed by atoms with Crippen LogP contribution in [0.2, 0.25) is 0 Å². The zero-order chi connectivity index (χ0) is 28.5. The van der Waals surface area contributed by atoms with E-state index in [0.717, 1.165) is 49.7 Å². The summed E-state index contributed by atoms with van der Waals surface area (Å²) in [4.78, 5) is 40.8. The molecular weight excluding hydrogens is 528 g/mol. The van der Waals surface area contributed by atoms with Crippen molar-refractivity contribution in [2.75, 3.05) is 13.1 Å². The van der Waals surface area contributed by atoms with Crippen molar-refractivity contribution in [3.05, 3.63) is 100 Å². The third-order valence-electron chi connectivity index (χ3n) is 8.35. The van der Waals surface area contributed by atoms with Crippen LogP contribution < -0.4 is 10.1 Å². The lowest BCUT2D eigenvalue weighted by molar-refractivity contribution is -0.136. The lowest BCUT2D eigenvalue weighted by Gasteiger charge is -2.32. The van der Waals surface area contributed by atoms with E-state index in [1.807, 2.05) is 18.2 Å². The Morgan fingerprint density at radius 3 is 2.39 bits per heavy atom. The number of hydrogen-bond acceptors (Lipinski definition) is 5. The molecule has 3 amide bonds. The Kier molecular flexibility index (Phi) is 7.53. The Bertz CT molecular complexity index is 1480. The quantitative estimate of drug-likeness (QED) is 0.425. The molecule has 9 heteroatoms. The van der Waals surface area contributed by atoms with Gasteiger partial charge in [-0.2, -0.15) is 0 Å². The standard InChI is InChI=1S/C32H31F2N3O4/c33-23-8-9-24(27(34)16-23)22-12-14-36(15-13-22)17-20-4-6-21(7-5-20)19-41-29-3-1-2-25-26(29)18-37(32(25)40)28-10-11-30(38)35-31(28)39/h1-9,16,22,28H,10-15,17-19H2,(H,35,38,39). The van der Waals surface area contributed by atoms with Gasteiger partial charge in [-0.1, -0.05) is 36.4 Å². The molecule has 212 valence electrons. The predicted octanol–water partition coefficient (Wildman–Crippen LogP) is 4.68. The minimum absolute atomic E-state index is 0.109. The van der Waals surface area contributed by atoms with Crippen LogP contribution in [-0.4, -0.2) is 46.7 Å². The highest BCUT2D eigenvalue weighted by atomic mass is 19.1. The third-order valence-corrected chi connectivity index (χ3v) is 8.35. The van der Waals surface area contributed by atoms with Gasteiger partial charge in [0.1, 0.15) is 30.0 Å². The molecule has 1 atom stereocenters. The van der Waals surface area contributed by atoms with Gasteiger partial charge in [0.2, 0.25) is 11.8 Å². The van der Waals surface area contributed by atoms with Crippen LogP contribution in [0, 0.1) is 11.6 Å². The largest absolute Gasteiger partial charge is 0.489 e. The number of amides is 3. The highest BCUT2D eigenvalue weighted by Crippen LogP contribution is 2.34. The number of carbonyl (C=O) groups is 3. The zero-order valence-corrected chi connectivity index (χ0v) is 22.6. The number of likely N-dealkylation sites (tertiary alicyclic amines) is 1. The van der Waals surface area contributed by atoms with Crippen molar-refractivity contribution in [2.45, 2.75) is 57.3 Å². The first-order valence-electron chi connectivity index (χ1n) is 14.0. The van der Waals surface area contributed by atoms with Crippen LogP contribution in [-0.2, 0) is 29.3 Å². The molecule has 0 spiro atoms. The highest BCUT2D eigenvalue weighted by molar-refractivity contribution is 6.05. The number of halogens is 2. The van der Waals surface area contributed by atoms with E-state index < -0.39 is 23.6 Å². The molecule has 2 fully saturated rings. The van der Waals surface area contributed by atoms with Crippen LogP contribution in [0.25, 0.3) is 0 Å². The second-order valence-electron chi connectivity index (χ2n) is 11.0. The fourth-order valence-electron chi connectivity index (χ4n) is 6.09. The SMILES string of the molecule is O=C1CCC(N2Cc3c(OCc4ccc(CN5CCC(c6ccc(F)cc6F)CC5)cc4)cccc3C2=O)C(=O)N1. The van der Waals surface area contributed by atoms with Gasteiger partial charge < -0.3 is 9.64 Å². The number of rotatable bonds is 7. The van der Waals surface area contributed by atoms with Gasteiger partial charge in [-0.15, -0.1) is 0 Å². The smallest absolute Gasteiger partial charge is 0.255 e. The van der Waals surface area contributed by atoms with Gasteiger partial charge in [0.25, 0.3) is 5.91 Å². The molecule has 6 rings (SSSR count). The Balaban J connectivity index is 1.03. The van der Waals surface area contributed by atoms with E-state index >= 15 is 0 Å². The second-order valence-corrected chi connectivity index (χ2v) is 11.0. The monoisotopic (exact) mass is 559 g/mol. The van der Waals surface area contributed by atoms with E-state index in [-0.39, 0.29) is 30.7 Å². The molecule has 3 aromatic carbocycles. The molecule has 7 nitrogen and oxygen atoms in total. The van der Waals surface area contributed by atoms with Crippen LogP contribution in [0.5, 0.6) is 5.75 Å². The second kappa shape index (κ2) is 11.4. The van der Waals surface area contributed by atoms with Crippen LogP contribution in [0.15, 0.2) is 60.7 Å². The molecule has 0 radical (unpaired) electrons. The van der Waals surface area contributed by atoms with Crippen LogP contribution in [0.4, 0.5) is 8.78 Å². The minimum atomic E-state index is -0.664. The van der Waals surface area contributed by atoms with E-state index in [0.29, 0.717) is 29.9 Å². The molecule has 0 aromatic heterocycles. The van der Waals surface area contributed by atoms with Crippen molar-refractivity contribution in [3.8, 4) is 5.75 Å². The first kappa shape index (κ1) is 27.1. The Morgan fingerprint density at radius 2 is 1.66 bits per heavy atom. The molecule has 1 N–H and O–H groups in total. The summed E-state index contributed by atoms with van der Waals surface area (Å²) >= 11 is 0. The van der Waals surface area contributed by atoms with Gasteiger partial charge in [0.05, 0.1) is 6.54 Å². The predicted molar refractivity (Wildman–Crippen MR) is 147 cm³/mol. The summed E-state index contributed by atoms with van der Waals surface area (Å²) < 4.78 is 33.6. The molecule has 2 saturated heterocycles. The van der Waals surface area contributed by atoms with Gasteiger partial charge in [-0.25, -0.2) is 8.78 Å². The van der Waals surface area contributed by atoms with Crippen LogP contribution >= 0.6 is 0 Å². The lowest BCUT2D eigenvalue weighted by Crippen LogP contribution is -2.52. The molecule has 0 aliphatic carbocycles. The van der Waals surface area contributed by atoms with Crippen molar-refractivity contribution in [3.63, 3.8) is 0 Å². The Labute approximate surface area is 237 Å². The number of nitrogens with one attached hydrogen (secondary N) is 1. The van der Waals surface area contributed by atoms with E-state index in [1.54, 1.807) is 18.2 Å². The number of benzene rings is 3. The summed E-state index contributed by atoms with van der Waals surface area (Å²) in [6, 6.07) is 16.8. The van der Waals surface area contributed by atoms with Crippen molar-refractivity contribution in [1.82, 2.24) is 15.1 Å². The summed E-state index contributed by atoms with van der Waals surface area (Å²) in [5.74, 6) is -1.26. The maximum Gasteiger partial charge on any atom is 0.255 e. The molecular formula is C32H31F2N3O4. The van der Waals surface area contributed by atoms with Gasteiger partial charge in [0, 0.05) is 30.2 Å². The lowest BCUT2D eigenvalue weighted by atomic mass is 9.89. The summed E-state index contributed by atoms with van der Waals surface area (Å²) in [6.45, 7) is 3.09. The molecule has 3 heterocycles.